The van der Waals surface area contributed by atoms with Crippen molar-refractivity contribution in [1.82, 2.24) is 9.29 Å². The lowest BCUT2D eigenvalue weighted by molar-refractivity contribution is -0.141. The smallest absolute Gasteiger partial charge is 0.305 e. The molecule has 0 aromatic carbocycles. The highest BCUT2D eigenvalue weighted by Crippen LogP contribution is 2.38. The highest BCUT2D eigenvalue weighted by atomic mass is 32.2. The molecule has 1 aliphatic heterocycles. The molecule has 7 nitrogen and oxygen atoms in total. The van der Waals surface area contributed by atoms with Gasteiger partial charge in [0.25, 0.3) is 5.91 Å². The van der Waals surface area contributed by atoms with Crippen LogP contribution in [0.3, 0.4) is 0 Å². The van der Waals surface area contributed by atoms with Gasteiger partial charge in [-0.05, 0) is 38.0 Å². The monoisotopic (exact) mass is 466 g/mol. The third-order valence-electron chi connectivity index (χ3n) is 4.99. The Morgan fingerprint density at radius 3 is 2.48 bits per heavy atom. The second-order valence-corrected chi connectivity index (χ2v) is 8.70. The fourth-order valence-corrected chi connectivity index (χ4v) is 4.71. The van der Waals surface area contributed by atoms with Crippen LogP contribution in [-0.2, 0) is 21.2 Å². The second-order valence-electron chi connectivity index (χ2n) is 7.18. The molecule has 0 radical (unpaired) electrons. The Morgan fingerprint density at radius 1 is 1.26 bits per heavy atom. The van der Waals surface area contributed by atoms with Crippen molar-refractivity contribution < 1.29 is 35.2 Å². The lowest BCUT2D eigenvalue weighted by Crippen LogP contribution is -2.40. The van der Waals surface area contributed by atoms with Gasteiger partial charge in [-0.3, -0.25) is 4.79 Å². The average molecular weight is 466 g/mol. The van der Waals surface area contributed by atoms with Crippen LogP contribution < -0.4 is 5.32 Å². The molecule has 31 heavy (non-hydrogen) atoms. The molecule has 13 heteroatoms. The van der Waals surface area contributed by atoms with Crippen molar-refractivity contribution in [3.05, 3.63) is 35.7 Å². The number of likely N-dealkylation sites (N-methyl/N-ethyl adjacent to an activating group) is 1. The summed E-state index contributed by atoms with van der Waals surface area (Å²) < 4.78 is 94.9. The number of hydrogen-bond donors (Lipinski definition) is 1. The molecule has 0 atom stereocenters. The number of alkyl halides is 5. The van der Waals surface area contributed by atoms with Crippen molar-refractivity contribution >= 4 is 27.6 Å². The molecular formula is C18H19F5N4O3S. The van der Waals surface area contributed by atoms with Crippen LogP contribution in [0.15, 0.2) is 34.4 Å². The predicted octanol–water partition coefficient (Wildman–Crippen LogP) is 3.77. The van der Waals surface area contributed by atoms with E-state index in [0.717, 1.165) is 18.2 Å². The first kappa shape index (κ1) is 23.1. The van der Waals surface area contributed by atoms with E-state index in [1.54, 1.807) is 0 Å². The highest BCUT2D eigenvalue weighted by molar-refractivity contribution is 7.88. The fourth-order valence-electron chi connectivity index (χ4n) is 3.43. The minimum atomic E-state index is -4.73. The SMILES string of the molecule is CCN1C(C(=O)Nc2cccc(C(F)(F)F)n2)=CC(C2CCC(F)(F)CC2)=NS1(=O)=O. The molecule has 0 bridgehead atoms. The highest BCUT2D eigenvalue weighted by Gasteiger charge is 2.39. The van der Waals surface area contributed by atoms with Crippen LogP contribution in [0.1, 0.15) is 38.3 Å². The summed E-state index contributed by atoms with van der Waals surface area (Å²) in [6.07, 6.45) is -4.42. The Bertz CT molecular complexity index is 1030. The first-order valence-corrected chi connectivity index (χ1v) is 10.8. The zero-order chi connectivity index (χ0) is 23.0. The molecule has 1 N–H and O–H groups in total. The number of halogens is 5. The summed E-state index contributed by atoms with van der Waals surface area (Å²) in [7, 11) is -4.31. The number of anilines is 1. The van der Waals surface area contributed by atoms with Gasteiger partial charge >= 0.3 is 16.4 Å². The van der Waals surface area contributed by atoms with Crippen molar-refractivity contribution in [3.63, 3.8) is 0 Å². The van der Waals surface area contributed by atoms with Crippen LogP contribution >= 0.6 is 0 Å². The van der Waals surface area contributed by atoms with Gasteiger partial charge in [0.1, 0.15) is 17.2 Å². The minimum Gasteiger partial charge on any atom is -0.305 e. The Balaban J connectivity index is 1.89. The maximum atomic E-state index is 13.4. The van der Waals surface area contributed by atoms with Crippen molar-refractivity contribution in [2.45, 2.75) is 44.7 Å². The molecule has 1 saturated carbocycles. The standard InChI is InChI=1S/C18H19F5N4O3S/c1-2-27-13(16(28)25-15-5-3-4-14(24-15)18(21,22)23)10-12(26-31(27,29)30)11-6-8-17(19,20)9-7-11/h3-5,10-11H,2,6-9H2,1H3,(H,24,25,28). The zero-order valence-corrected chi connectivity index (χ0v) is 17.1. The van der Waals surface area contributed by atoms with Gasteiger partial charge in [0, 0.05) is 25.3 Å². The van der Waals surface area contributed by atoms with E-state index < -0.39 is 58.5 Å². The van der Waals surface area contributed by atoms with E-state index in [-0.39, 0.29) is 30.8 Å². The molecule has 0 spiro atoms. The fraction of sp³-hybridized carbons (Fsp3) is 0.500. The van der Waals surface area contributed by atoms with Gasteiger partial charge in [-0.25, -0.2) is 18.1 Å². The average Bonchev–Trinajstić information content (AvgIpc) is 2.66. The van der Waals surface area contributed by atoms with E-state index in [1.807, 2.05) is 0 Å². The minimum absolute atomic E-state index is 0.00589. The topological polar surface area (TPSA) is 91.7 Å². The van der Waals surface area contributed by atoms with E-state index in [2.05, 4.69) is 14.7 Å². The largest absolute Gasteiger partial charge is 0.433 e. The van der Waals surface area contributed by atoms with E-state index in [9.17, 15) is 35.2 Å². The van der Waals surface area contributed by atoms with Gasteiger partial charge in [0.2, 0.25) is 5.92 Å². The van der Waals surface area contributed by atoms with Crippen molar-refractivity contribution in [2.24, 2.45) is 10.3 Å². The second kappa shape index (κ2) is 8.17. The normalized spacial score (nSPS) is 21.3. The predicted molar refractivity (Wildman–Crippen MR) is 102 cm³/mol. The molecule has 0 saturated heterocycles. The number of amides is 1. The number of aromatic nitrogens is 1. The van der Waals surface area contributed by atoms with Gasteiger partial charge in [0.15, 0.2) is 0 Å². The molecule has 0 unspecified atom stereocenters. The molecule has 1 aromatic rings. The van der Waals surface area contributed by atoms with Crippen LogP contribution in [0.25, 0.3) is 0 Å². The third-order valence-corrected chi connectivity index (χ3v) is 6.44. The van der Waals surface area contributed by atoms with Crippen LogP contribution in [0, 0.1) is 5.92 Å². The van der Waals surface area contributed by atoms with Gasteiger partial charge in [-0.1, -0.05) is 6.07 Å². The summed E-state index contributed by atoms with van der Waals surface area (Å²) in [4.78, 5) is 16.1. The zero-order valence-electron chi connectivity index (χ0n) is 16.3. The first-order valence-electron chi connectivity index (χ1n) is 9.40. The maximum Gasteiger partial charge on any atom is 0.433 e. The number of nitrogens with zero attached hydrogens (tertiary/aromatic N) is 3. The summed E-state index contributed by atoms with van der Waals surface area (Å²) in [5.41, 5.74) is -1.63. The number of pyridine rings is 1. The molecule has 1 aliphatic carbocycles. The number of rotatable bonds is 4. The van der Waals surface area contributed by atoms with Crippen LogP contribution in [-0.4, -0.2) is 41.8 Å². The molecule has 2 heterocycles. The van der Waals surface area contributed by atoms with Crippen LogP contribution in [0.5, 0.6) is 0 Å². The van der Waals surface area contributed by atoms with Gasteiger partial charge < -0.3 is 5.32 Å². The summed E-state index contributed by atoms with van der Waals surface area (Å²) in [6, 6.07) is 2.89. The molecule has 1 amide bonds. The lowest BCUT2D eigenvalue weighted by Gasteiger charge is -2.31. The third kappa shape index (κ3) is 5.20. The van der Waals surface area contributed by atoms with Gasteiger partial charge in [-0.2, -0.15) is 21.6 Å². The summed E-state index contributed by atoms with van der Waals surface area (Å²) in [5, 5.41) is 2.16. The summed E-state index contributed by atoms with van der Waals surface area (Å²) in [5.74, 6) is -4.84. The molecule has 1 fully saturated rings. The van der Waals surface area contributed by atoms with Crippen LogP contribution in [0.2, 0.25) is 0 Å². The van der Waals surface area contributed by atoms with Crippen molar-refractivity contribution in [2.75, 3.05) is 11.9 Å². The number of nitrogens with one attached hydrogen (secondary N) is 1. The number of hydrogen-bond acceptors (Lipinski definition) is 4. The molecule has 2 aliphatic rings. The van der Waals surface area contributed by atoms with E-state index >= 15 is 0 Å². The Hall–Kier alpha value is -2.57. The Kier molecular flexibility index (Phi) is 6.09. The van der Waals surface area contributed by atoms with Crippen molar-refractivity contribution in [3.8, 4) is 0 Å². The van der Waals surface area contributed by atoms with E-state index in [4.69, 9.17) is 0 Å². The maximum absolute atomic E-state index is 13.4. The summed E-state index contributed by atoms with van der Waals surface area (Å²) in [6.45, 7) is 1.28. The molecule has 170 valence electrons. The molecule has 1 aromatic heterocycles. The van der Waals surface area contributed by atoms with Crippen LogP contribution in [0.4, 0.5) is 27.8 Å². The van der Waals surface area contributed by atoms with E-state index in [0.29, 0.717) is 4.31 Å². The molecular weight excluding hydrogens is 447 g/mol. The number of carbonyl (C=O) groups excluding carboxylic acids is 1. The first-order chi connectivity index (χ1) is 14.3. The quantitative estimate of drug-likeness (QED) is 0.684. The van der Waals surface area contributed by atoms with E-state index in [1.165, 1.54) is 13.0 Å². The Morgan fingerprint density at radius 2 is 1.90 bits per heavy atom. The number of allylic oxidation sites excluding steroid dienone is 1. The van der Waals surface area contributed by atoms with Gasteiger partial charge in [-0.15, -0.1) is 4.40 Å². The number of carbonyl (C=O) groups is 1. The summed E-state index contributed by atoms with van der Waals surface area (Å²) >= 11 is 0. The van der Waals surface area contributed by atoms with Gasteiger partial charge in [0.05, 0.1) is 5.71 Å². The Labute approximate surface area is 175 Å². The lowest BCUT2D eigenvalue weighted by atomic mass is 9.83. The van der Waals surface area contributed by atoms with Crippen molar-refractivity contribution in [1.29, 1.82) is 0 Å². The molecule has 3 rings (SSSR count).